The fourth-order valence-corrected chi connectivity index (χ4v) is 8.56. The van der Waals surface area contributed by atoms with Crippen molar-refractivity contribution in [2.75, 3.05) is 10.6 Å². The Hall–Kier alpha value is -2.98. The molecule has 10 heteroatoms. The maximum atomic E-state index is 12.3. The molecule has 2 N–H and O–H groups in total. The normalized spacial score (nSPS) is 15.1. The van der Waals surface area contributed by atoms with Crippen molar-refractivity contribution in [2.45, 2.75) is 144 Å². The molecule has 0 atom stereocenters. The molecule has 2 aliphatic carbocycles. The summed E-state index contributed by atoms with van der Waals surface area (Å²) in [5, 5.41) is 6.04. The summed E-state index contributed by atoms with van der Waals surface area (Å²) in [6.45, 7) is 19.4. The van der Waals surface area contributed by atoms with Crippen LogP contribution in [0.3, 0.4) is 0 Å². The van der Waals surface area contributed by atoms with Crippen molar-refractivity contribution < 1.29 is 9.59 Å². The van der Waals surface area contributed by atoms with Crippen LogP contribution < -0.4 is 10.6 Å². The molecule has 0 radical (unpaired) electrons. The lowest BCUT2D eigenvalue weighted by molar-refractivity contribution is -0.118. The summed E-state index contributed by atoms with van der Waals surface area (Å²) in [7, 11) is -0.171. The average Bonchev–Trinajstić information content (AvgIpc) is 3.48. The molecular weight excluding hydrogens is 704 g/mol. The lowest BCUT2D eigenvalue weighted by atomic mass is 9.92. The number of aromatic nitrogens is 4. The summed E-state index contributed by atoms with van der Waals surface area (Å²) in [6.07, 6.45) is 8.14. The highest BCUT2D eigenvalue weighted by Gasteiger charge is 2.28. The second-order valence-corrected chi connectivity index (χ2v) is 21.7. The third kappa shape index (κ3) is 11.0. The van der Waals surface area contributed by atoms with Gasteiger partial charge in [0.1, 0.15) is 0 Å². The zero-order chi connectivity index (χ0) is 36.6. The van der Waals surface area contributed by atoms with Crippen LogP contribution in [-0.4, -0.2) is 39.7 Å². The van der Waals surface area contributed by atoms with E-state index in [0.717, 1.165) is 39.4 Å². The molecule has 0 spiro atoms. The smallest absolute Gasteiger partial charge is 0.227 e. The number of carbonyl (C=O) groups excluding carboxylic acids is 2. The number of carbonyl (C=O) groups is 2. The fraction of sp³-hybridized carbons (Fsp3) is 0.600. The van der Waals surface area contributed by atoms with Crippen molar-refractivity contribution in [1.29, 1.82) is 0 Å². The van der Waals surface area contributed by atoms with E-state index in [0.29, 0.717) is 36.8 Å². The van der Waals surface area contributed by atoms with Crippen molar-refractivity contribution in [3.05, 3.63) is 46.9 Å². The first-order valence-electron chi connectivity index (χ1n) is 18.9. The van der Waals surface area contributed by atoms with Crippen LogP contribution in [-0.2, 0) is 9.59 Å². The third-order valence-corrected chi connectivity index (χ3v) is 13.7. The summed E-state index contributed by atoms with van der Waals surface area (Å²) in [4.78, 5) is 33.8. The summed E-state index contributed by atoms with van der Waals surface area (Å²) in [5.41, 5.74) is 4.05. The molecule has 8 nitrogen and oxygen atoms in total. The van der Waals surface area contributed by atoms with Crippen LogP contribution in [0.5, 0.6) is 0 Å². The highest BCUT2D eigenvalue weighted by atomic mass is 79.9. The maximum Gasteiger partial charge on any atom is 0.227 e. The lowest BCUT2D eigenvalue weighted by Gasteiger charge is -2.29. The Bertz CT molecular complexity index is 1720. The quantitative estimate of drug-likeness (QED) is 0.166. The molecule has 0 bridgehead atoms. The standard InChI is InChI=1S/C17H22BrN3O.C17H23N3O.C6H16Si/c1-17(2,3)10-15(22)20-16-19-13-8-7-11(18)9-14(13)21(16)12-5-4-6-12;1-17(2,3)11-15(21)19-16-18-13-9-4-5-10-14(13)20(16)12-7-6-8-12;1-4-7(5-2)6-3/h7-9,12H,4-6,10H2,1-3H3,(H,19,20,22);4-5,9-10,12H,6-8,11H2,1-3H3,(H,18,19,21);7H,4-6H2,1-3H3. The molecule has 2 aromatic heterocycles. The first-order chi connectivity index (χ1) is 23.6. The van der Waals surface area contributed by atoms with Crippen molar-refractivity contribution in [1.82, 2.24) is 19.1 Å². The SMILES string of the molecule is CC(C)(C)CC(=O)Nc1nc2ccc(Br)cc2n1C1CCC1.CC(C)(C)CC(=O)Nc1nc2ccccc2n1C1CCC1.CC[SiH](CC)CC. The van der Waals surface area contributed by atoms with Crippen LogP contribution in [0.25, 0.3) is 22.1 Å². The predicted molar refractivity (Wildman–Crippen MR) is 217 cm³/mol. The van der Waals surface area contributed by atoms with Gasteiger partial charge in [0.15, 0.2) is 0 Å². The van der Waals surface area contributed by atoms with Gasteiger partial charge in [-0.05, 0) is 79.7 Å². The fourth-order valence-electron chi connectivity index (χ4n) is 6.48. The average molecular weight is 766 g/mol. The zero-order valence-corrected chi connectivity index (χ0v) is 34.8. The van der Waals surface area contributed by atoms with Gasteiger partial charge in [0, 0.05) is 38.2 Å². The highest BCUT2D eigenvalue weighted by molar-refractivity contribution is 9.10. The van der Waals surface area contributed by atoms with E-state index in [-0.39, 0.29) is 31.4 Å². The second-order valence-electron chi connectivity index (χ2n) is 16.6. The number of nitrogens with zero attached hydrogens (tertiary/aromatic N) is 4. The van der Waals surface area contributed by atoms with Crippen LogP contribution in [0, 0.1) is 10.8 Å². The van der Waals surface area contributed by atoms with E-state index < -0.39 is 0 Å². The number of imidazole rings is 2. The molecule has 274 valence electrons. The molecule has 2 fully saturated rings. The first kappa shape index (κ1) is 39.8. The monoisotopic (exact) mass is 764 g/mol. The van der Waals surface area contributed by atoms with Gasteiger partial charge in [0.25, 0.3) is 0 Å². The van der Waals surface area contributed by atoms with E-state index in [2.05, 4.69) is 120 Å². The van der Waals surface area contributed by atoms with Crippen LogP contribution in [0.2, 0.25) is 18.1 Å². The Labute approximate surface area is 310 Å². The van der Waals surface area contributed by atoms with E-state index in [1.165, 1.54) is 43.8 Å². The molecule has 2 saturated carbocycles. The summed E-state index contributed by atoms with van der Waals surface area (Å²) < 4.78 is 5.44. The number of hydrogen-bond acceptors (Lipinski definition) is 4. The lowest BCUT2D eigenvalue weighted by Crippen LogP contribution is -2.24. The number of hydrogen-bond donors (Lipinski definition) is 2. The van der Waals surface area contributed by atoms with Gasteiger partial charge < -0.3 is 9.13 Å². The number of para-hydroxylation sites is 2. The summed E-state index contributed by atoms with van der Waals surface area (Å²) >= 11 is 3.53. The van der Waals surface area contributed by atoms with Crippen molar-refractivity contribution in [3.63, 3.8) is 0 Å². The molecular formula is C40H61BrN6O2Si. The van der Waals surface area contributed by atoms with Gasteiger partial charge in [-0.15, -0.1) is 0 Å². The van der Waals surface area contributed by atoms with Gasteiger partial charge in [-0.1, -0.05) is 109 Å². The van der Waals surface area contributed by atoms with Crippen molar-refractivity contribution in [3.8, 4) is 0 Å². The van der Waals surface area contributed by atoms with Gasteiger partial charge in [-0.25, -0.2) is 9.97 Å². The molecule has 4 aromatic rings. The van der Waals surface area contributed by atoms with Crippen molar-refractivity contribution in [2.24, 2.45) is 10.8 Å². The molecule has 0 saturated heterocycles. The molecule has 2 heterocycles. The van der Waals surface area contributed by atoms with Gasteiger partial charge in [-0.2, -0.15) is 0 Å². The van der Waals surface area contributed by atoms with Crippen molar-refractivity contribution >= 4 is 70.5 Å². The van der Waals surface area contributed by atoms with Crippen LogP contribution >= 0.6 is 15.9 Å². The van der Waals surface area contributed by atoms with Gasteiger partial charge in [0.05, 0.1) is 22.1 Å². The van der Waals surface area contributed by atoms with E-state index in [9.17, 15) is 9.59 Å². The Morgan fingerprint density at radius 3 is 1.56 bits per heavy atom. The first-order valence-corrected chi connectivity index (χ1v) is 22.1. The van der Waals surface area contributed by atoms with E-state index >= 15 is 0 Å². The zero-order valence-electron chi connectivity index (χ0n) is 32.0. The number of benzene rings is 2. The Morgan fingerprint density at radius 2 is 1.16 bits per heavy atom. The van der Waals surface area contributed by atoms with Gasteiger partial charge in [0.2, 0.25) is 23.7 Å². The second kappa shape index (κ2) is 17.5. The maximum absolute atomic E-state index is 12.3. The molecule has 2 aromatic carbocycles. The Balaban J connectivity index is 0.000000190. The minimum atomic E-state index is -0.171. The highest BCUT2D eigenvalue weighted by Crippen LogP contribution is 2.39. The Kier molecular flexibility index (Phi) is 13.9. The van der Waals surface area contributed by atoms with Crippen LogP contribution in [0.4, 0.5) is 11.9 Å². The molecule has 0 unspecified atom stereocenters. The largest absolute Gasteiger partial charge is 0.307 e. The van der Waals surface area contributed by atoms with Crippen LogP contribution in [0.15, 0.2) is 46.9 Å². The predicted octanol–water partition coefficient (Wildman–Crippen LogP) is 11.3. The number of amides is 2. The van der Waals surface area contributed by atoms with Crippen LogP contribution in [0.1, 0.15) is 126 Å². The van der Waals surface area contributed by atoms with Gasteiger partial charge >= 0.3 is 0 Å². The number of fused-ring (bicyclic) bond motifs is 2. The van der Waals surface area contributed by atoms with E-state index in [1.807, 2.05) is 30.3 Å². The number of halogens is 1. The summed E-state index contributed by atoms with van der Waals surface area (Å²) in [6, 6.07) is 19.6. The number of nitrogens with one attached hydrogen (secondary N) is 2. The third-order valence-electron chi connectivity index (χ3n) is 9.74. The number of anilines is 2. The molecule has 2 aliphatic rings. The summed E-state index contributed by atoms with van der Waals surface area (Å²) in [5.74, 6) is 1.46. The van der Waals surface area contributed by atoms with E-state index in [1.54, 1.807) is 0 Å². The molecule has 50 heavy (non-hydrogen) atoms. The van der Waals surface area contributed by atoms with E-state index in [4.69, 9.17) is 0 Å². The molecule has 2 amide bonds. The molecule has 6 rings (SSSR count). The van der Waals surface area contributed by atoms with Gasteiger partial charge in [-0.3, -0.25) is 20.2 Å². The minimum Gasteiger partial charge on any atom is -0.307 e. The topological polar surface area (TPSA) is 93.8 Å². The molecule has 0 aliphatic heterocycles. The minimum absolute atomic E-state index is 0.0165. The number of rotatable bonds is 9. The Morgan fingerprint density at radius 1 is 0.720 bits per heavy atom.